The van der Waals surface area contributed by atoms with Crippen molar-refractivity contribution in [1.82, 2.24) is 9.80 Å². The van der Waals surface area contributed by atoms with Crippen LogP contribution in [-0.4, -0.2) is 54.7 Å². The largest absolute Gasteiger partial charge is 0.336 e. The predicted molar refractivity (Wildman–Crippen MR) is 72.3 cm³/mol. The summed E-state index contributed by atoms with van der Waals surface area (Å²) in [4.78, 5) is 29.3. The molecule has 1 fully saturated rings. The first-order valence-electron chi connectivity index (χ1n) is 6.54. The highest BCUT2D eigenvalue weighted by Crippen LogP contribution is 2.39. The van der Waals surface area contributed by atoms with Crippen LogP contribution in [0.3, 0.4) is 0 Å². The van der Waals surface area contributed by atoms with Gasteiger partial charge in [0.1, 0.15) is 0 Å². The van der Waals surface area contributed by atoms with Gasteiger partial charge in [-0.2, -0.15) is 0 Å². The highest BCUT2D eigenvalue weighted by atomic mass is 16.2. The third-order valence-electron chi connectivity index (χ3n) is 4.53. The van der Waals surface area contributed by atoms with Gasteiger partial charge >= 0.3 is 0 Å². The van der Waals surface area contributed by atoms with Gasteiger partial charge in [-0.1, -0.05) is 18.2 Å². The molecule has 3 rings (SSSR count). The number of carbonyl (C=O) groups is 2. The Balaban J connectivity index is 2.21. The fraction of sp³-hybridized carbons (Fsp3) is 0.467. The molecule has 100 valence electrons. The Kier molecular flexibility index (Phi) is 2.54. The van der Waals surface area contributed by atoms with Gasteiger partial charge in [0, 0.05) is 25.7 Å². The molecule has 2 aliphatic heterocycles. The average Bonchev–Trinajstić information content (AvgIpc) is 2.70. The fourth-order valence-corrected chi connectivity index (χ4v) is 3.51. The summed E-state index contributed by atoms with van der Waals surface area (Å²) in [5, 5.41) is 0. The number of nitrogens with zero attached hydrogens (tertiary/aromatic N) is 2. The average molecular weight is 258 g/mol. The fourth-order valence-electron chi connectivity index (χ4n) is 3.51. The lowest BCUT2D eigenvalue weighted by Gasteiger charge is -2.32. The van der Waals surface area contributed by atoms with E-state index in [0.717, 1.165) is 6.54 Å². The van der Waals surface area contributed by atoms with E-state index in [2.05, 4.69) is 4.90 Å². The Morgan fingerprint density at radius 2 is 1.79 bits per heavy atom. The topological polar surface area (TPSA) is 40.6 Å². The number of amides is 1. The van der Waals surface area contributed by atoms with Crippen LogP contribution in [-0.2, 0) is 0 Å². The van der Waals surface area contributed by atoms with Crippen LogP contribution in [0.2, 0.25) is 0 Å². The van der Waals surface area contributed by atoms with Crippen molar-refractivity contribution in [2.45, 2.75) is 13.0 Å². The van der Waals surface area contributed by atoms with Crippen LogP contribution in [0.4, 0.5) is 0 Å². The standard InChI is InChI=1S/C15H18N2O2/c1-15-9-16(2)8-12(15)17(3)14(19)11-7-5-4-6-10(11)13(15)18/h4-7,12H,8-9H2,1-3H3/t12-,15+/m1/s1. The number of fused-ring (bicyclic) bond motifs is 2. The van der Waals surface area contributed by atoms with Crippen LogP contribution in [0.1, 0.15) is 27.6 Å². The zero-order valence-electron chi connectivity index (χ0n) is 11.5. The van der Waals surface area contributed by atoms with Crippen molar-refractivity contribution in [3.05, 3.63) is 35.4 Å². The molecule has 0 saturated carbocycles. The molecule has 1 saturated heterocycles. The molecule has 0 radical (unpaired) electrons. The van der Waals surface area contributed by atoms with Gasteiger partial charge in [0.05, 0.1) is 17.0 Å². The summed E-state index contributed by atoms with van der Waals surface area (Å²) in [5.41, 5.74) is 0.596. The SMILES string of the molecule is CN1C[C@H]2N(C)C(=O)c3ccccc3C(=O)[C@@]2(C)C1. The third kappa shape index (κ3) is 1.56. The first-order chi connectivity index (χ1) is 8.95. The molecule has 0 N–H and O–H groups in total. The van der Waals surface area contributed by atoms with Crippen LogP contribution < -0.4 is 0 Å². The quantitative estimate of drug-likeness (QED) is 0.704. The normalized spacial score (nSPS) is 31.1. The van der Waals surface area contributed by atoms with E-state index in [0.29, 0.717) is 17.7 Å². The molecule has 0 bridgehead atoms. The van der Waals surface area contributed by atoms with Crippen LogP contribution in [0, 0.1) is 5.41 Å². The number of hydrogen-bond donors (Lipinski definition) is 0. The van der Waals surface area contributed by atoms with Gasteiger partial charge in [-0.15, -0.1) is 0 Å². The summed E-state index contributed by atoms with van der Waals surface area (Å²) >= 11 is 0. The molecule has 1 aromatic carbocycles. The Bertz CT molecular complexity index is 569. The first-order valence-corrected chi connectivity index (χ1v) is 6.54. The maximum absolute atomic E-state index is 12.9. The van der Waals surface area contributed by atoms with Gasteiger partial charge in [-0.25, -0.2) is 0 Å². The van der Waals surface area contributed by atoms with Crippen molar-refractivity contribution < 1.29 is 9.59 Å². The summed E-state index contributed by atoms with van der Waals surface area (Å²) < 4.78 is 0. The maximum atomic E-state index is 12.9. The summed E-state index contributed by atoms with van der Waals surface area (Å²) in [6.45, 7) is 3.43. The van der Waals surface area contributed by atoms with Crippen molar-refractivity contribution in [2.24, 2.45) is 5.41 Å². The second-order valence-electron chi connectivity index (χ2n) is 5.92. The van der Waals surface area contributed by atoms with Gasteiger partial charge in [0.25, 0.3) is 5.91 Å². The number of hydrogen-bond acceptors (Lipinski definition) is 3. The van der Waals surface area contributed by atoms with E-state index in [1.54, 1.807) is 24.1 Å². The Labute approximate surface area is 113 Å². The Morgan fingerprint density at radius 3 is 2.47 bits per heavy atom. The van der Waals surface area contributed by atoms with Gasteiger partial charge in [0.15, 0.2) is 5.78 Å². The molecule has 0 aliphatic carbocycles. The van der Waals surface area contributed by atoms with Crippen LogP contribution in [0.5, 0.6) is 0 Å². The lowest BCUT2D eigenvalue weighted by atomic mass is 9.78. The lowest BCUT2D eigenvalue weighted by Crippen LogP contribution is -2.47. The van der Waals surface area contributed by atoms with E-state index in [1.807, 2.05) is 26.1 Å². The second kappa shape index (κ2) is 3.90. The Hall–Kier alpha value is -1.68. The molecule has 2 aliphatic rings. The van der Waals surface area contributed by atoms with Crippen LogP contribution in [0.15, 0.2) is 24.3 Å². The molecule has 2 atom stereocenters. The van der Waals surface area contributed by atoms with E-state index in [9.17, 15) is 9.59 Å². The number of carbonyl (C=O) groups excluding carboxylic acids is 2. The van der Waals surface area contributed by atoms with Crippen molar-refractivity contribution in [2.75, 3.05) is 27.2 Å². The van der Waals surface area contributed by atoms with E-state index >= 15 is 0 Å². The molecule has 2 heterocycles. The smallest absolute Gasteiger partial charge is 0.254 e. The monoisotopic (exact) mass is 258 g/mol. The van der Waals surface area contributed by atoms with Crippen molar-refractivity contribution in [1.29, 1.82) is 0 Å². The van der Waals surface area contributed by atoms with Gasteiger partial charge in [-0.3, -0.25) is 9.59 Å². The molecule has 4 heteroatoms. The number of rotatable bonds is 0. The highest BCUT2D eigenvalue weighted by Gasteiger charge is 2.52. The zero-order chi connectivity index (χ0) is 13.8. The lowest BCUT2D eigenvalue weighted by molar-refractivity contribution is 0.0606. The van der Waals surface area contributed by atoms with Gasteiger partial charge in [0.2, 0.25) is 0 Å². The number of benzene rings is 1. The van der Waals surface area contributed by atoms with Gasteiger partial charge in [-0.05, 0) is 20.0 Å². The number of likely N-dealkylation sites (tertiary alicyclic amines) is 1. The number of Topliss-reactive ketones (excluding diaryl/α,β-unsaturated/α-hetero) is 1. The minimum Gasteiger partial charge on any atom is -0.336 e. The van der Waals surface area contributed by atoms with E-state index in [4.69, 9.17) is 0 Å². The molecule has 0 spiro atoms. The molecular formula is C15H18N2O2. The number of likely N-dealkylation sites (N-methyl/N-ethyl adjacent to an activating group) is 2. The minimum atomic E-state index is -0.508. The van der Waals surface area contributed by atoms with Crippen molar-refractivity contribution in [3.63, 3.8) is 0 Å². The third-order valence-corrected chi connectivity index (χ3v) is 4.53. The van der Waals surface area contributed by atoms with Crippen molar-refractivity contribution >= 4 is 11.7 Å². The number of ketones is 1. The summed E-state index contributed by atoms with van der Waals surface area (Å²) in [5.74, 6) is 0.0446. The molecule has 19 heavy (non-hydrogen) atoms. The molecular weight excluding hydrogens is 240 g/mol. The second-order valence-corrected chi connectivity index (χ2v) is 5.92. The summed E-state index contributed by atoms with van der Waals surface area (Å²) in [6.07, 6.45) is 0. The van der Waals surface area contributed by atoms with E-state index in [-0.39, 0.29) is 17.7 Å². The minimum absolute atomic E-state index is 0.0482. The van der Waals surface area contributed by atoms with Gasteiger partial charge < -0.3 is 9.80 Å². The Morgan fingerprint density at radius 1 is 1.16 bits per heavy atom. The van der Waals surface area contributed by atoms with Crippen molar-refractivity contribution in [3.8, 4) is 0 Å². The van der Waals surface area contributed by atoms with Crippen LogP contribution in [0.25, 0.3) is 0 Å². The van der Waals surface area contributed by atoms with E-state index < -0.39 is 5.41 Å². The molecule has 4 nitrogen and oxygen atoms in total. The summed E-state index contributed by atoms with van der Waals surface area (Å²) in [6, 6.07) is 7.11. The molecule has 1 amide bonds. The maximum Gasteiger partial charge on any atom is 0.254 e. The molecule has 1 aromatic rings. The molecule has 0 aromatic heterocycles. The molecule has 0 unspecified atom stereocenters. The highest BCUT2D eigenvalue weighted by molar-refractivity contribution is 6.12. The predicted octanol–water partition coefficient (Wildman–Crippen LogP) is 1.28. The summed E-state index contributed by atoms with van der Waals surface area (Å²) in [7, 11) is 3.80. The van der Waals surface area contributed by atoms with Crippen LogP contribution >= 0.6 is 0 Å². The zero-order valence-corrected chi connectivity index (χ0v) is 11.5. The first kappa shape index (κ1) is 12.4. The van der Waals surface area contributed by atoms with E-state index in [1.165, 1.54) is 0 Å².